The maximum atomic E-state index is 13.2. The van der Waals surface area contributed by atoms with Crippen molar-refractivity contribution in [3.05, 3.63) is 23.3 Å². The van der Waals surface area contributed by atoms with Gasteiger partial charge in [0.1, 0.15) is 9.90 Å². The normalized spacial score (nSPS) is 26.4. The van der Waals surface area contributed by atoms with Crippen molar-refractivity contribution >= 4 is 21.4 Å². The van der Waals surface area contributed by atoms with E-state index < -0.39 is 22.0 Å². The lowest BCUT2D eigenvalue weighted by Gasteiger charge is -2.42. The summed E-state index contributed by atoms with van der Waals surface area (Å²) in [6.45, 7) is 0.833. The van der Waals surface area contributed by atoms with E-state index in [4.69, 9.17) is 4.74 Å². The van der Waals surface area contributed by atoms with Gasteiger partial charge in [-0.05, 0) is 31.7 Å². The van der Waals surface area contributed by atoms with Gasteiger partial charge in [0, 0.05) is 42.6 Å². The Morgan fingerprint density at radius 3 is 2.76 bits per heavy atom. The standard InChI is InChI=1S/C18H21F3N2O4S2/c1-26-14-4-2-5-17(14)6-3-7-23(11-17)29(24,25)16-8-12(10-28-16)13-9-15(27-22-13)18(19,20)21/h8-10,14H,2-7,11H2,1H3. The fraction of sp³-hybridized carbons (Fsp3) is 0.611. The summed E-state index contributed by atoms with van der Waals surface area (Å²) in [5, 5.41) is 4.91. The molecule has 1 aliphatic carbocycles. The minimum atomic E-state index is -4.64. The molecule has 4 rings (SSSR count). The van der Waals surface area contributed by atoms with Crippen molar-refractivity contribution in [2.24, 2.45) is 5.41 Å². The van der Waals surface area contributed by atoms with E-state index in [9.17, 15) is 21.6 Å². The van der Waals surface area contributed by atoms with Crippen LogP contribution in [-0.4, -0.2) is 44.2 Å². The Morgan fingerprint density at radius 2 is 2.07 bits per heavy atom. The van der Waals surface area contributed by atoms with Gasteiger partial charge < -0.3 is 9.26 Å². The molecule has 1 aliphatic heterocycles. The van der Waals surface area contributed by atoms with E-state index in [1.807, 2.05) is 0 Å². The fourth-order valence-corrected chi connectivity index (χ4v) is 7.42. The van der Waals surface area contributed by atoms with Gasteiger partial charge in [-0.25, -0.2) is 8.42 Å². The van der Waals surface area contributed by atoms with Crippen molar-refractivity contribution in [3.8, 4) is 11.3 Å². The molecule has 3 heterocycles. The highest BCUT2D eigenvalue weighted by molar-refractivity contribution is 7.91. The Kier molecular flexibility index (Phi) is 5.29. The molecule has 2 aliphatic rings. The first-order valence-corrected chi connectivity index (χ1v) is 11.6. The van der Waals surface area contributed by atoms with Crippen molar-refractivity contribution < 1.29 is 30.8 Å². The van der Waals surface area contributed by atoms with Gasteiger partial charge in [0.2, 0.25) is 5.76 Å². The molecule has 0 radical (unpaired) electrons. The van der Waals surface area contributed by atoms with E-state index in [0.29, 0.717) is 13.1 Å². The number of hydrogen-bond acceptors (Lipinski definition) is 6. The van der Waals surface area contributed by atoms with E-state index in [1.54, 1.807) is 7.11 Å². The Hall–Kier alpha value is -1.43. The molecule has 6 nitrogen and oxygen atoms in total. The molecule has 160 valence electrons. The Morgan fingerprint density at radius 1 is 1.31 bits per heavy atom. The predicted molar refractivity (Wildman–Crippen MR) is 99.9 cm³/mol. The highest BCUT2D eigenvalue weighted by Gasteiger charge is 2.48. The highest BCUT2D eigenvalue weighted by Crippen LogP contribution is 2.47. The van der Waals surface area contributed by atoms with Gasteiger partial charge in [-0.1, -0.05) is 11.6 Å². The zero-order valence-electron chi connectivity index (χ0n) is 15.7. The second kappa shape index (κ2) is 7.36. The number of sulfonamides is 1. The lowest BCUT2D eigenvalue weighted by atomic mass is 9.77. The molecule has 29 heavy (non-hydrogen) atoms. The first kappa shape index (κ1) is 20.8. The number of halogens is 3. The minimum Gasteiger partial charge on any atom is -0.381 e. The van der Waals surface area contributed by atoms with Crippen molar-refractivity contribution in [2.45, 2.75) is 48.6 Å². The lowest BCUT2D eigenvalue weighted by molar-refractivity contribution is -0.155. The van der Waals surface area contributed by atoms with Crippen LogP contribution in [0.25, 0.3) is 11.3 Å². The van der Waals surface area contributed by atoms with Gasteiger partial charge in [0.05, 0.1) is 6.10 Å². The van der Waals surface area contributed by atoms with Crippen molar-refractivity contribution in [2.75, 3.05) is 20.2 Å². The van der Waals surface area contributed by atoms with E-state index in [1.165, 1.54) is 15.8 Å². The zero-order chi connectivity index (χ0) is 20.9. The maximum absolute atomic E-state index is 13.2. The Bertz CT molecular complexity index is 985. The third-order valence-corrected chi connectivity index (χ3v) is 9.20. The molecule has 1 saturated carbocycles. The molecule has 0 aromatic carbocycles. The number of alkyl halides is 3. The molecule has 2 unspecified atom stereocenters. The molecule has 0 bridgehead atoms. The first-order chi connectivity index (χ1) is 13.7. The van der Waals surface area contributed by atoms with E-state index in [2.05, 4.69) is 9.68 Å². The summed E-state index contributed by atoms with van der Waals surface area (Å²) < 4.78 is 76.1. The third-order valence-electron chi connectivity index (χ3n) is 5.94. The number of hydrogen-bond donors (Lipinski definition) is 0. The monoisotopic (exact) mass is 450 g/mol. The first-order valence-electron chi connectivity index (χ1n) is 9.31. The van der Waals surface area contributed by atoms with Crippen LogP contribution in [0.3, 0.4) is 0 Å². The lowest BCUT2D eigenvalue weighted by Crippen LogP contribution is -2.49. The average molecular weight is 451 g/mol. The topological polar surface area (TPSA) is 72.6 Å². The Balaban J connectivity index is 1.58. The quantitative estimate of drug-likeness (QED) is 0.691. The highest BCUT2D eigenvalue weighted by atomic mass is 32.2. The summed E-state index contributed by atoms with van der Waals surface area (Å²) in [5.41, 5.74) is 0.0870. The molecule has 0 N–H and O–H groups in total. The Labute approximate surface area is 170 Å². The molecule has 2 aromatic rings. The summed E-state index contributed by atoms with van der Waals surface area (Å²) in [4.78, 5) is 0. The summed E-state index contributed by atoms with van der Waals surface area (Å²) in [5.74, 6) is -1.21. The number of piperidine rings is 1. The molecule has 11 heteroatoms. The minimum absolute atomic E-state index is 0.0413. The maximum Gasteiger partial charge on any atom is 0.452 e. The van der Waals surface area contributed by atoms with Crippen LogP contribution in [0, 0.1) is 5.41 Å². The third kappa shape index (κ3) is 3.73. The smallest absolute Gasteiger partial charge is 0.381 e. The average Bonchev–Trinajstić information content (AvgIpc) is 3.40. The number of ether oxygens (including phenoxy) is 1. The SMILES string of the molecule is COC1CCCC12CCCN(S(=O)(=O)c1cc(-c3cc(C(F)(F)F)on3)cs1)C2. The molecule has 2 atom stereocenters. The van der Waals surface area contributed by atoms with Crippen LogP contribution in [0.4, 0.5) is 13.2 Å². The van der Waals surface area contributed by atoms with Crippen LogP contribution in [0.15, 0.2) is 26.2 Å². The van der Waals surface area contributed by atoms with Gasteiger partial charge in [0.25, 0.3) is 10.0 Å². The van der Waals surface area contributed by atoms with Crippen LogP contribution in [0.2, 0.25) is 0 Å². The van der Waals surface area contributed by atoms with Crippen LogP contribution in [0.5, 0.6) is 0 Å². The van der Waals surface area contributed by atoms with E-state index in [-0.39, 0.29) is 27.0 Å². The fourth-order valence-electron chi connectivity index (χ4n) is 4.52. The van der Waals surface area contributed by atoms with E-state index >= 15 is 0 Å². The van der Waals surface area contributed by atoms with Gasteiger partial charge >= 0.3 is 6.18 Å². The number of aromatic nitrogens is 1. The number of rotatable bonds is 4. The van der Waals surface area contributed by atoms with Crippen LogP contribution >= 0.6 is 11.3 Å². The summed E-state index contributed by atoms with van der Waals surface area (Å²) in [6, 6.07) is 2.14. The van der Waals surface area contributed by atoms with Crippen molar-refractivity contribution in [1.82, 2.24) is 9.46 Å². The largest absolute Gasteiger partial charge is 0.452 e. The molecular weight excluding hydrogens is 429 g/mol. The zero-order valence-corrected chi connectivity index (χ0v) is 17.4. The second-order valence-corrected chi connectivity index (χ2v) is 10.7. The van der Waals surface area contributed by atoms with Gasteiger partial charge in [-0.15, -0.1) is 11.3 Å². The molecule has 2 fully saturated rings. The van der Waals surface area contributed by atoms with Crippen molar-refractivity contribution in [3.63, 3.8) is 0 Å². The molecular formula is C18H21F3N2O4S2. The van der Waals surface area contributed by atoms with Crippen molar-refractivity contribution in [1.29, 1.82) is 0 Å². The van der Waals surface area contributed by atoms with Crippen LogP contribution in [-0.2, 0) is 20.9 Å². The van der Waals surface area contributed by atoms with Gasteiger partial charge in [0.15, 0.2) is 0 Å². The molecule has 2 aromatic heterocycles. The molecule has 1 spiro atoms. The molecule has 1 saturated heterocycles. The van der Waals surface area contributed by atoms with E-state index in [0.717, 1.165) is 49.5 Å². The summed E-state index contributed by atoms with van der Waals surface area (Å²) in [7, 11) is -2.08. The summed E-state index contributed by atoms with van der Waals surface area (Å²) in [6.07, 6.45) is -0.00806. The number of nitrogens with zero attached hydrogens (tertiary/aromatic N) is 2. The second-order valence-electron chi connectivity index (χ2n) is 7.65. The van der Waals surface area contributed by atoms with Gasteiger partial charge in [-0.3, -0.25) is 0 Å². The summed E-state index contributed by atoms with van der Waals surface area (Å²) >= 11 is 0.975. The van der Waals surface area contributed by atoms with Crippen LogP contribution < -0.4 is 0 Å². The predicted octanol–water partition coefficient (Wildman–Crippen LogP) is 4.39. The number of methoxy groups -OCH3 is 1. The number of thiophene rings is 1. The van der Waals surface area contributed by atoms with Gasteiger partial charge in [-0.2, -0.15) is 17.5 Å². The molecule has 0 amide bonds. The van der Waals surface area contributed by atoms with Crippen LogP contribution in [0.1, 0.15) is 37.9 Å².